The third-order valence-corrected chi connectivity index (χ3v) is 4.98. The number of rotatable bonds is 2. The van der Waals surface area contributed by atoms with E-state index in [4.69, 9.17) is 11.6 Å². The number of hydrogen-bond acceptors (Lipinski definition) is 3. The van der Waals surface area contributed by atoms with Crippen molar-refractivity contribution < 1.29 is 4.79 Å². The van der Waals surface area contributed by atoms with E-state index in [0.29, 0.717) is 10.6 Å². The van der Waals surface area contributed by atoms with E-state index < -0.39 is 0 Å². The molecule has 114 valence electrons. The quantitative estimate of drug-likeness (QED) is 0.695. The lowest BCUT2D eigenvalue weighted by molar-refractivity contribution is 0.0937. The Balaban J connectivity index is 1.72. The molecule has 0 aliphatic carbocycles. The summed E-state index contributed by atoms with van der Waals surface area (Å²) in [6.45, 7) is 0. The molecule has 1 aliphatic rings. The van der Waals surface area contributed by atoms with Crippen LogP contribution in [0.5, 0.6) is 0 Å². The number of carbonyl (C=O) groups excluding carboxylic acids is 1. The Hall–Kier alpha value is -2.30. The van der Waals surface area contributed by atoms with Crippen LogP contribution in [-0.4, -0.2) is 5.91 Å². The lowest BCUT2D eigenvalue weighted by Gasteiger charge is -2.26. The molecule has 2 N–H and O–H groups in total. The summed E-state index contributed by atoms with van der Waals surface area (Å²) >= 11 is 7.60. The summed E-state index contributed by atoms with van der Waals surface area (Å²) in [5.74, 6) is -0.0659. The molecule has 2 aromatic carbocycles. The van der Waals surface area contributed by atoms with Crippen molar-refractivity contribution in [2.45, 2.75) is 6.17 Å². The Morgan fingerprint density at radius 1 is 1.00 bits per heavy atom. The molecule has 0 radical (unpaired) electrons. The van der Waals surface area contributed by atoms with E-state index in [1.54, 1.807) is 11.3 Å². The van der Waals surface area contributed by atoms with Crippen LogP contribution in [0, 0.1) is 0 Å². The standard InChI is InChI=1S/C18H13ClN2OS/c19-13-8-4-7-12(9-13)16-20-17(22)15-14(10-23-18(15)21-16)11-5-2-1-3-6-11/h1-10,16,21H,(H,20,22). The summed E-state index contributed by atoms with van der Waals surface area (Å²) in [7, 11) is 0. The molecule has 4 rings (SSSR count). The predicted molar refractivity (Wildman–Crippen MR) is 95.0 cm³/mol. The number of thiophene rings is 1. The molecule has 0 bridgehead atoms. The fraction of sp³-hybridized carbons (Fsp3) is 0.0556. The van der Waals surface area contributed by atoms with Crippen molar-refractivity contribution in [2.75, 3.05) is 5.32 Å². The largest absolute Gasteiger partial charge is 0.353 e. The first-order valence-corrected chi connectivity index (χ1v) is 8.48. The Morgan fingerprint density at radius 2 is 1.83 bits per heavy atom. The van der Waals surface area contributed by atoms with Gasteiger partial charge < -0.3 is 10.6 Å². The second-order valence-electron chi connectivity index (χ2n) is 5.33. The highest BCUT2D eigenvalue weighted by atomic mass is 35.5. The normalized spacial score (nSPS) is 16.4. The van der Waals surface area contributed by atoms with Gasteiger partial charge in [-0.25, -0.2) is 0 Å². The third kappa shape index (κ3) is 2.60. The van der Waals surface area contributed by atoms with E-state index in [-0.39, 0.29) is 12.1 Å². The molecular formula is C18H13ClN2OS. The Bertz CT molecular complexity index is 876. The summed E-state index contributed by atoms with van der Waals surface area (Å²) in [5, 5.41) is 9.96. The second-order valence-corrected chi connectivity index (χ2v) is 6.64. The van der Waals surface area contributed by atoms with Crippen LogP contribution in [0.15, 0.2) is 60.0 Å². The summed E-state index contributed by atoms with van der Waals surface area (Å²) in [6.07, 6.45) is -0.268. The molecule has 1 aromatic heterocycles. The van der Waals surface area contributed by atoms with Crippen LogP contribution < -0.4 is 10.6 Å². The van der Waals surface area contributed by atoms with Gasteiger partial charge >= 0.3 is 0 Å². The number of carbonyl (C=O) groups is 1. The van der Waals surface area contributed by atoms with Crippen LogP contribution in [0.4, 0.5) is 5.00 Å². The molecule has 1 aliphatic heterocycles. The number of amides is 1. The molecule has 0 spiro atoms. The highest BCUT2D eigenvalue weighted by Crippen LogP contribution is 2.39. The van der Waals surface area contributed by atoms with Gasteiger partial charge in [0.2, 0.25) is 0 Å². The van der Waals surface area contributed by atoms with Crippen molar-refractivity contribution in [1.82, 2.24) is 5.32 Å². The van der Waals surface area contributed by atoms with Gasteiger partial charge in [-0.05, 0) is 23.3 Å². The van der Waals surface area contributed by atoms with Crippen molar-refractivity contribution in [1.29, 1.82) is 0 Å². The lowest BCUT2D eigenvalue weighted by Crippen LogP contribution is -2.37. The maximum absolute atomic E-state index is 12.6. The summed E-state index contributed by atoms with van der Waals surface area (Å²) in [4.78, 5) is 12.6. The van der Waals surface area contributed by atoms with E-state index >= 15 is 0 Å². The van der Waals surface area contributed by atoms with E-state index in [2.05, 4.69) is 10.6 Å². The minimum atomic E-state index is -0.268. The topological polar surface area (TPSA) is 41.1 Å². The molecule has 1 amide bonds. The van der Waals surface area contributed by atoms with Gasteiger partial charge in [-0.2, -0.15) is 0 Å². The number of benzene rings is 2. The monoisotopic (exact) mass is 340 g/mol. The van der Waals surface area contributed by atoms with Crippen LogP contribution in [0.3, 0.4) is 0 Å². The van der Waals surface area contributed by atoms with E-state index in [1.807, 2.05) is 60.0 Å². The number of fused-ring (bicyclic) bond motifs is 1. The molecule has 0 saturated heterocycles. The zero-order valence-corrected chi connectivity index (χ0v) is 13.6. The number of nitrogens with one attached hydrogen (secondary N) is 2. The number of halogens is 1. The summed E-state index contributed by atoms with van der Waals surface area (Å²) in [6, 6.07) is 17.4. The first kappa shape index (κ1) is 14.3. The zero-order chi connectivity index (χ0) is 15.8. The SMILES string of the molecule is O=C1NC(c2cccc(Cl)c2)Nc2scc(-c3ccccc3)c21. The minimum absolute atomic E-state index is 0.0659. The maximum atomic E-state index is 12.6. The second kappa shape index (κ2) is 5.72. The van der Waals surface area contributed by atoms with Gasteiger partial charge in [-0.15, -0.1) is 11.3 Å². The Morgan fingerprint density at radius 3 is 2.61 bits per heavy atom. The molecule has 3 aromatic rings. The maximum Gasteiger partial charge on any atom is 0.256 e. The van der Waals surface area contributed by atoms with Gasteiger partial charge in [0.05, 0.1) is 5.56 Å². The van der Waals surface area contributed by atoms with Gasteiger partial charge in [-0.1, -0.05) is 54.1 Å². The van der Waals surface area contributed by atoms with Crippen molar-refractivity contribution >= 4 is 33.8 Å². The first-order valence-electron chi connectivity index (χ1n) is 7.22. The van der Waals surface area contributed by atoms with Gasteiger partial charge in [-0.3, -0.25) is 4.79 Å². The summed E-state index contributed by atoms with van der Waals surface area (Å²) < 4.78 is 0. The highest BCUT2D eigenvalue weighted by molar-refractivity contribution is 7.15. The van der Waals surface area contributed by atoms with Crippen LogP contribution >= 0.6 is 22.9 Å². The molecule has 5 heteroatoms. The minimum Gasteiger partial charge on any atom is -0.353 e. The smallest absolute Gasteiger partial charge is 0.256 e. The van der Waals surface area contributed by atoms with Crippen molar-refractivity contribution in [3.8, 4) is 11.1 Å². The Kier molecular flexibility index (Phi) is 3.56. The van der Waals surface area contributed by atoms with Gasteiger partial charge in [0, 0.05) is 16.0 Å². The Labute approximate surface area is 142 Å². The van der Waals surface area contributed by atoms with E-state index in [0.717, 1.165) is 21.7 Å². The van der Waals surface area contributed by atoms with E-state index in [1.165, 1.54) is 0 Å². The van der Waals surface area contributed by atoms with Crippen LogP contribution in [0.1, 0.15) is 22.1 Å². The van der Waals surface area contributed by atoms with Gasteiger partial charge in [0.1, 0.15) is 11.2 Å². The average molecular weight is 341 g/mol. The van der Waals surface area contributed by atoms with Crippen LogP contribution in [0.25, 0.3) is 11.1 Å². The van der Waals surface area contributed by atoms with Crippen molar-refractivity contribution in [3.05, 3.63) is 76.1 Å². The molecular weight excluding hydrogens is 328 g/mol. The molecule has 3 nitrogen and oxygen atoms in total. The van der Waals surface area contributed by atoms with E-state index in [9.17, 15) is 4.79 Å². The number of anilines is 1. The lowest BCUT2D eigenvalue weighted by atomic mass is 10.0. The fourth-order valence-electron chi connectivity index (χ4n) is 2.74. The van der Waals surface area contributed by atoms with Crippen LogP contribution in [-0.2, 0) is 0 Å². The van der Waals surface area contributed by atoms with Gasteiger partial charge in [0.25, 0.3) is 5.91 Å². The first-order chi connectivity index (χ1) is 11.2. The molecule has 0 saturated carbocycles. The van der Waals surface area contributed by atoms with Crippen molar-refractivity contribution in [2.24, 2.45) is 0 Å². The average Bonchev–Trinajstić information content (AvgIpc) is 3.00. The molecule has 23 heavy (non-hydrogen) atoms. The zero-order valence-electron chi connectivity index (χ0n) is 12.0. The molecule has 1 atom stereocenters. The fourth-order valence-corrected chi connectivity index (χ4v) is 3.94. The van der Waals surface area contributed by atoms with Gasteiger partial charge in [0.15, 0.2) is 0 Å². The third-order valence-electron chi connectivity index (χ3n) is 3.84. The summed E-state index contributed by atoms with van der Waals surface area (Å²) in [5.41, 5.74) is 3.65. The molecule has 0 fully saturated rings. The number of hydrogen-bond donors (Lipinski definition) is 2. The van der Waals surface area contributed by atoms with Crippen LogP contribution in [0.2, 0.25) is 5.02 Å². The molecule has 2 heterocycles. The highest BCUT2D eigenvalue weighted by Gasteiger charge is 2.29. The predicted octanol–water partition coefficient (Wildman–Crippen LogP) is 4.92. The van der Waals surface area contributed by atoms with Crippen molar-refractivity contribution in [3.63, 3.8) is 0 Å². The molecule has 1 unspecified atom stereocenters.